The van der Waals surface area contributed by atoms with Gasteiger partial charge in [0.05, 0.1) is 5.69 Å². The van der Waals surface area contributed by atoms with E-state index in [2.05, 4.69) is 18.3 Å². The largest absolute Gasteiger partial charge is 0.397 e. The summed E-state index contributed by atoms with van der Waals surface area (Å²) in [4.78, 5) is 12.2. The minimum Gasteiger partial charge on any atom is -0.397 e. The van der Waals surface area contributed by atoms with Gasteiger partial charge in [-0.1, -0.05) is 36.8 Å². The molecule has 2 rings (SSSR count). The molecule has 20 heavy (non-hydrogen) atoms. The highest BCUT2D eigenvalue weighted by Gasteiger charge is 2.12. The van der Waals surface area contributed by atoms with E-state index in [0.717, 1.165) is 18.5 Å². The van der Waals surface area contributed by atoms with Crippen LogP contribution in [0.3, 0.4) is 0 Å². The molecule has 3 N–H and O–H groups in total. The molecule has 106 valence electrons. The third-order valence-corrected chi connectivity index (χ3v) is 3.15. The van der Waals surface area contributed by atoms with Gasteiger partial charge in [0.2, 0.25) is 0 Å². The van der Waals surface area contributed by atoms with Crippen molar-refractivity contribution in [2.45, 2.75) is 33.4 Å². The Morgan fingerprint density at radius 1 is 1.35 bits per heavy atom. The fraction of sp³-hybridized carbons (Fsp3) is 0.312. The van der Waals surface area contributed by atoms with Gasteiger partial charge in [0.15, 0.2) is 0 Å². The molecular formula is C16H21N3O. The number of nitrogens with zero attached hydrogens (tertiary/aromatic N) is 1. The summed E-state index contributed by atoms with van der Waals surface area (Å²) in [6.07, 6.45) is 2.78. The zero-order valence-corrected chi connectivity index (χ0v) is 12.0. The average Bonchev–Trinajstić information content (AvgIpc) is 2.78. The topological polar surface area (TPSA) is 60.0 Å². The lowest BCUT2D eigenvalue weighted by Crippen LogP contribution is -2.25. The number of amides is 1. The van der Waals surface area contributed by atoms with Crippen molar-refractivity contribution in [3.8, 4) is 0 Å². The Kier molecular flexibility index (Phi) is 4.45. The molecule has 0 atom stereocenters. The molecule has 0 unspecified atom stereocenters. The first kappa shape index (κ1) is 14.2. The molecule has 0 aliphatic carbocycles. The van der Waals surface area contributed by atoms with E-state index in [4.69, 9.17) is 5.73 Å². The fourth-order valence-electron chi connectivity index (χ4n) is 2.24. The molecule has 4 nitrogen and oxygen atoms in total. The molecule has 2 aromatic rings. The predicted octanol–water partition coefficient (Wildman–Crippen LogP) is 2.72. The van der Waals surface area contributed by atoms with Gasteiger partial charge in [-0.3, -0.25) is 4.79 Å². The van der Waals surface area contributed by atoms with Crippen molar-refractivity contribution in [3.63, 3.8) is 0 Å². The lowest BCUT2D eigenvalue weighted by atomic mass is 10.1. The zero-order valence-electron chi connectivity index (χ0n) is 12.0. The van der Waals surface area contributed by atoms with Crippen LogP contribution in [0.15, 0.2) is 36.5 Å². The quantitative estimate of drug-likeness (QED) is 0.878. The Balaban J connectivity index is 2.05. The van der Waals surface area contributed by atoms with E-state index in [1.165, 1.54) is 5.56 Å². The van der Waals surface area contributed by atoms with Crippen LogP contribution in [-0.2, 0) is 13.1 Å². The summed E-state index contributed by atoms with van der Waals surface area (Å²) in [7, 11) is 0. The van der Waals surface area contributed by atoms with E-state index < -0.39 is 0 Å². The summed E-state index contributed by atoms with van der Waals surface area (Å²) >= 11 is 0. The van der Waals surface area contributed by atoms with Crippen LogP contribution >= 0.6 is 0 Å². The van der Waals surface area contributed by atoms with E-state index >= 15 is 0 Å². The second-order valence-electron chi connectivity index (χ2n) is 5.02. The van der Waals surface area contributed by atoms with Gasteiger partial charge in [-0.25, -0.2) is 0 Å². The number of anilines is 1. The third-order valence-electron chi connectivity index (χ3n) is 3.15. The molecule has 0 saturated heterocycles. The predicted molar refractivity (Wildman–Crippen MR) is 81.5 cm³/mol. The smallest absolute Gasteiger partial charge is 0.268 e. The Hall–Kier alpha value is -2.23. The first-order chi connectivity index (χ1) is 9.60. The maximum Gasteiger partial charge on any atom is 0.268 e. The van der Waals surface area contributed by atoms with Crippen LogP contribution < -0.4 is 11.1 Å². The second-order valence-corrected chi connectivity index (χ2v) is 5.02. The standard InChI is InChI=1S/C16H21N3O/c1-3-7-19-11-14(17)9-15(19)16(20)18-10-13-6-4-5-12(2)8-13/h4-6,8-9,11H,3,7,10,17H2,1-2H3,(H,18,20). The van der Waals surface area contributed by atoms with Gasteiger partial charge in [0.25, 0.3) is 5.91 Å². The normalized spacial score (nSPS) is 10.5. The molecule has 1 aromatic heterocycles. The van der Waals surface area contributed by atoms with E-state index in [0.29, 0.717) is 17.9 Å². The number of nitrogens with two attached hydrogens (primary N) is 1. The van der Waals surface area contributed by atoms with Crippen molar-refractivity contribution in [1.29, 1.82) is 0 Å². The number of aromatic nitrogens is 1. The summed E-state index contributed by atoms with van der Waals surface area (Å²) in [6.45, 7) is 5.44. The molecule has 0 bridgehead atoms. The van der Waals surface area contributed by atoms with Crippen molar-refractivity contribution in [2.75, 3.05) is 5.73 Å². The average molecular weight is 271 g/mol. The van der Waals surface area contributed by atoms with Gasteiger partial charge in [-0.15, -0.1) is 0 Å². The van der Waals surface area contributed by atoms with Crippen LogP contribution in [-0.4, -0.2) is 10.5 Å². The molecule has 0 aliphatic heterocycles. The summed E-state index contributed by atoms with van der Waals surface area (Å²) in [5.41, 5.74) is 9.31. The van der Waals surface area contributed by atoms with Crippen molar-refractivity contribution >= 4 is 11.6 Å². The number of nitrogen functional groups attached to an aromatic ring is 1. The highest BCUT2D eigenvalue weighted by molar-refractivity contribution is 5.93. The molecule has 1 aromatic carbocycles. The number of rotatable bonds is 5. The van der Waals surface area contributed by atoms with Crippen LogP contribution in [0.5, 0.6) is 0 Å². The monoisotopic (exact) mass is 271 g/mol. The van der Waals surface area contributed by atoms with Crippen LogP contribution in [0.2, 0.25) is 0 Å². The highest BCUT2D eigenvalue weighted by Crippen LogP contribution is 2.12. The van der Waals surface area contributed by atoms with Crippen molar-refractivity contribution in [3.05, 3.63) is 53.3 Å². The van der Waals surface area contributed by atoms with Crippen molar-refractivity contribution in [2.24, 2.45) is 0 Å². The summed E-state index contributed by atoms with van der Waals surface area (Å²) < 4.78 is 1.90. The fourth-order valence-corrected chi connectivity index (χ4v) is 2.24. The second kappa shape index (κ2) is 6.28. The van der Waals surface area contributed by atoms with Gasteiger partial charge in [-0.2, -0.15) is 0 Å². The lowest BCUT2D eigenvalue weighted by Gasteiger charge is -2.09. The Morgan fingerprint density at radius 3 is 2.85 bits per heavy atom. The number of carbonyl (C=O) groups excluding carboxylic acids is 1. The number of benzene rings is 1. The Morgan fingerprint density at radius 2 is 2.15 bits per heavy atom. The Bertz CT molecular complexity index is 602. The maximum atomic E-state index is 12.2. The number of aryl methyl sites for hydroxylation is 2. The summed E-state index contributed by atoms with van der Waals surface area (Å²) in [5.74, 6) is -0.0864. The molecule has 4 heteroatoms. The summed E-state index contributed by atoms with van der Waals surface area (Å²) in [6, 6.07) is 9.83. The molecule has 0 fully saturated rings. The van der Waals surface area contributed by atoms with Gasteiger partial charge >= 0.3 is 0 Å². The summed E-state index contributed by atoms with van der Waals surface area (Å²) in [5, 5.41) is 2.94. The zero-order chi connectivity index (χ0) is 14.5. The SMILES string of the molecule is CCCn1cc(N)cc1C(=O)NCc1cccc(C)c1. The lowest BCUT2D eigenvalue weighted by molar-refractivity contribution is 0.0941. The minimum atomic E-state index is -0.0864. The number of carbonyl (C=O) groups is 1. The minimum absolute atomic E-state index is 0.0864. The van der Waals surface area contributed by atoms with E-state index in [9.17, 15) is 4.79 Å². The maximum absolute atomic E-state index is 12.2. The van der Waals surface area contributed by atoms with Crippen LogP contribution in [0.25, 0.3) is 0 Å². The van der Waals surface area contributed by atoms with E-state index in [-0.39, 0.29) is 5.91 Å². The van der Waals surface area contributed by atoms with Crippen LogP contribution in [0.4, 0.5) is 5.69 Å². The molecule has 0 spiro atoms. The van der Waals surface area contributed by atoms with Crippen LogP contribution in [0, 0.1) is 6.92 Å². The molecular weight excluding hydrogens is 250 g/mol. The third kappa shape index (κ3) is 3.41. The molecule has 1 heterocycles. The van der Waals surface area contributed by atoms with Gasteiger partial charge in [-0.05, 0) is 25.0 Å². The molecule has 1 amide bonds. The number of nitrogens with one attached hydrogen (secondary N) is 1. The van der Waals surface area contributed by atoms with Crippen molar-refractivity contribution in [1.82, 2.24) is 9.88 Å². The van der Waals surface area contributed by atoms with Gasteiger partial charge in [0.1, 0.15) is 5.69 Å². The van der Waals surface area contributed by atoms with Gasteiger partial charge in [0, 0.05) is 19.3 Å². The molecule has 0 saturated carbocycles. The van der Waals surface area contributed by atoms with Crippen molar-refractivity contribution < 1.29 is 4.79 Å². The first-order valence-electron chi connectivity index (χ1n) is 6.89. The highest BCUT2D eigenvalue weighted by atomic mass is 16.1. The van der Waals surface area contributed by atoms with Gasteiger partial charge < -0.3 is 15.6 Å². The van der Waals surface area contributed by atoms with Crippen LogP contribution in [0.1, 0.15) is 35.0 Å². The first-order valence-corrected chi connectivity index (χ1v) is 6.89. The Labute approximate surface area is 119 Å². The van der Waals surface area contributed by atoms with E-state index in [1.54, 1.807) is 6.07 Å². The van der Waals surface area contributed by atoms with E-state index in [1.807, 2.05) is 35.9 Å². The molecule has 0 radical (unpaired) electrons. The number of hydrogen-bond donors (Lipinski definition) is 2. The molecule has 0 aliphatic rings. The number of hydrogen-bond acceptors (Lipinski definition) is 2.